The third-order valence-electron chi connectivity index (χ3n) is 3.64. The summed E-state index contributed by atoms with van der Waals surface area (Å²) in [6.07, 6.45) is 0. The van der Waals surface area contributed by atoms with Crippen LogP contribution in [0.4, 0.5) is 0 Å². The van der Waals surface area contributed by atoms with E-state index < -0.39 is 15.9 Å². The van der Waals surface area contributed by atoms with Crippen LogP contribution in [0, 0.1) is 13.8 Å². The molecule has 1 aromatic heterocycles. The van der Waals surface area contributed by atoms with Crippen molar-refractivity contribution in [1.82, 2.24) is 9.10 Å². The molecule has 3 aromatic rings. The first-order valence-electron chi connectivity index (χ1n) is 7.41. The molecule has 0 saturated heterocycles. The summed E-state index contributed by atoms with van der Waals surface area (Å²) in [6, 6.07) is 11.0. The van der Waals surface area contributed by atoms with Gasteiger partial charge in [0, 0.05) is 9.86 Å². The maximum atomic E-state index is 12.4. The SMILES string of the molecule is Cc1ccc(CS(=O)(=O)NC(=O)c2nsc3ccc(C)cc23)c(Br)c1. The first kappa shape index (κ1) is 18.0. The Kier molecular flexibility index (Phi) is 4.95. The van der Waals surface area contributed by atoms with Crippen molar-refractivity contribution in [2.24, 2.45) is 0 Å². The Labute approximate surface area is 158 Å². The number of sulfonamides is 1. The van der Waals surface area contributed by atoms with Crippen LogP contribution in [-0.4, -0.2) is 18.7 Å². The smallest absolute Gasteiger partial charge is 0.266 e. The van der Waals surface area contributed by atoms with Crippen LogP contribution in [0.5, 0.6) is 0 Å². The summed E-state index contributed by atoms with van der Waals surface area (Å²) in [5, 5.41) is 0.661. The molecule has 0 radical (unpaired) electrons. The van der Waals surface area contributed by atoms with Gasteiger partial charge in [0.1, 0.15) is 0 Å². The van der Waals surface area contributed by atoms with Gasteiger partial charge < -0.3 is 0 Å². The quantitative estimate of drug-likeness (QED) is 0.668. The molecule has 1 N–H and O–H groups in total. The number of benzene rings is 2. The maximum absolute atomic E-state index is 12.4. The van der Waals surface area contributed by atoms with Gasteiger partial charge in [0.15, 0.2) is 5.69 Å². The molecule has 0 spiro atoms. The fourth-order valence-corrected chi connectivity index (χ4v) is 5.10. The second kappa shape index (κ2) is 6.86. The number of hydrogen-bond donors (Lipinski definition) is 1. The van der Waals surface area contributed by atoms with Crippen LogP contribution >= 0.6 is 27.5 Å². The number of carbonyl (C=O) groups excluding carboxylic acids is 1. The molecule has 0 atom stereocenters. The molecule has 0 bridgehead atoms. The van der Waals surface area contributed by atoms with Crippen molar-refractivity contribution in [3.05, 3.63) is 63.3 Å². The third kappa shape index (κ3) is 4.08. The van der Waals surface area contributed by atoms with Gasteiger partial charge >= 0.3 is 0 Å². The van der Waals surface area contributed by atoms with Crippen LogP contribution in [0.25, 0.3) is 10.1 Å². The number of carbonyl (C=O) groups is 1. The van der Waals surface area contributed by atoms with Crippen molar-refractivity contribution in [2.45, 2.75) is 19.6 Å². The number of halogens is 1. The molecule has 1 amide bonds. The van der Waals surface area contributed by atoms with Gasteiger partial charge in [-0.2, -0.15) is 4.37 Å². The predicted octanol–water partition coefficient (Wildman–Crippen LogP) is 3.94. The summed E-state index contributed by atoms with van der Waals surface area (Å²) in [6.45, 7) is 3.82. The van der Waals surface area contributed by atoms with Gasteiger partial charge in [0.05, 0.1) is 10.5 Å². The molecule has 0 fully saturated rings. The number of hydrogen-bond acceptors (Lipinski definition) is 5. The van der Waals surface area contributed by atoms with E-state index in [2.05, 4.69) is 25.0 Å². The highest BCUT2D eigenvalue weighted by atomic mass is 79.9. The van der Waals surface area contributed by atoms with Crippen LogP contribution < -0.4 is 4.72 Å². The second-order valence-corrected chi connectivity index (χ2v) is 9.20. The van der Waals surface area contributed by atoms with E-state index in [9.17, 15) is 13.2 Å². The fourth-order valence-electron chi connectivity index (χ4n) is 2.42. The van der Waals surface area contributed by atoms with Crippen molar-refractivity contribution < 1.29 is 13.2 Å². The van der Waals surface area contributed by atoms with Crippen molar-refractivity contribution in [3.63, 3.8) is 0 Å². The zero-order valence-corrected chi connectivity index (χ0v) is 16.8. The highest BCUT2D eigenvalue weighted by molar-refractivity contribution is 9.10. The predicted molar refractivity (Wildman–Crippen MR) is 103 cm³/mol. The minimum atomic E-state index is -3.84. The molecule has 0 unspecified atom stereocenters. The molecule has 0 aliphatic heterocycles. The van der Waals surface area contributed by atoms with Crippen molar-refractivity contribution in [2.75, 3.05) is 0 Å². The lowest BCUT2D eigenvalue weighted by Crippen LogP contribution is -2.32. The van der Waals surface area contributed by atoms with Crippen molar-refractivity contribution in [1.29, 1.82) is 0 Å². The molecule has 0 aliphatic rings. The monoisotopic (exact) mass is 438 g/mol. The Morgan fingerprint density at radius 2 is 1.84 bits per heavy atom. The molecular formula is C17H15BrN2O3S2. The summed E-state index contributed by atoms with van der Waals surface area (Å²) in [5.74, 6) is -0.999. The number of fused-ring (bicyclic) bond motifs is 1. The Balaban J connectivity index is 1.84. The van der Waals surface area contributed by atoms with Gasteiger partial charge in [0.25, 0.3) is 5.91 Å². The van der Waals surface area contributed by atoms with Gasteiger partial charge in [-0.1, -0.05) is 39.7 Å². The van der Waals surface area contributed by atoms with E-state index in [0.717, 1.165) is 15.8 Å². The first-order valence-corrected chi connectivity index (χ1v) is 10.6. The van der Waals surface area contributed by atoms with Gasteiger partial charge in [-0.25, -0.2) is 13.1 Å². The number of rotatable bonds is 4. The zero-order chi connectivity index (χ0) is 18.2. The molecule has 8 heteroatoms. The highest BCUT2D eigenvalue weighted by Gasteiger charge is 2.21. The summed E-state index contributed by atoms with van der Waals surface area (Å²) < 4.78 is 32.5. The van der Waals surface area contributed by atoms with E-state index in [4.69, 9.17) is 0 Å². The lowest BCUT2D eigenvalue weighted by atomic mass is 10.1. The van der Waals surface area contributed by atoms with Crippen molar-refractivity contribution in [3.8, 4) is 0 Å². The number of nitrogens with one attached hydrogen (secondary N) is 1. The fraction of sp³-hybridized carbons (Fsp3) is 0.176. The largest absolute Gasteiger partial charge is 0.285 e. The van der Waals surface area contributed by atoms with Crippen LogP contribution in [0.15, 0.2) is 40.9 Å². The highest BCUT2D eigenvalue weighted by Crippen LogP contribution is 2.24. The average molecular weight is 439 g/mol. The third-order valence-corrected chi connectivity index (χ3v) is 6.40. The Hall–Kier alpha value is -1.77. The number of aryl methyl sites for hydroxylation is 2. The molecule has 0 aliphatic carbocycles. The molecule has 1 heterocycles. The Bertz CT molecular complexity index is 1070. The summed E-state index contributed by atoms with van der Waals surface area (Å²) in [4.78, 5) is 12.4. The Morgan fingerprint density at radius 1 is 1.16 bits per heavy atom. The number of aromatic nitrogens is 1. The van der Waals surface area contributed by atoms with E-state index in [1.807, 2.05) is 44.2 Å². The number of nitrogens with zero attached hydrogens (tertiary/aromatic N) is 1. The van der Waals surface area contributed by atoms with E-state index in [0.29, 0.717) is 15.4 Å². The zero-order valence-electron chi connectivity index (χ0n) is 13.5. The first-order chi connectivity index (χ1) is 11.7. The van der Waals surface area contributed by atoms with E-state index >= 15 is 0 Å². The number of amides is 1. The lowest BCUT2D eigenvalue weighted by molar-refractivity contribution is 0.0979. The molecule has 2 aromatic carbocycles. The molecule has 25 heavy (non-hydrogen) atoms. The van der Waals surface area contributed by atoms with Gasteiger partial charge in [-0.3, -0.25) is 4.79 Å². The second-order valence-electron chi connectivity index (χ2n) is 5.82. The minimum Gasteiger partial charge on any atom is -0.266 e. The van der Waals surface area contributed by atoms with Crippen molar-refractivity contribution >= 4 is 53.5 Å². The van der Waals surface area contributed by atoms with Crippen LogP contribution in [0.3, 0.4) is 0 Å². The molecule has 5 nitrogen and oxygen atoms in total. The summed E-state index contributed by atoms with van der Waals surface area (Å²) >= 11 is 4.53. The van der Waals surface area contributed by atoms with Crippen LogP contribution in [-0.2, 0) is 15.8 Å². The summed E-state index contributed by atoms with van der Waals surface area (Å²) in [5.41, 5.74) is 2.72. The normalized spacial score (nSPS) is 11.6. The topological polar surface area (TPSA) is 76.1 Å². The van der Waals surface area contributed by atoms with Crippen LogP contribution in [0.2, 0.25) is 0 Å². The maximum Gasteiger partial charge on any atom is 0.285 e. The van der Waals surface area contributed by atoms with Crippen LogP contribution in [0.1, 0.15) is 27.2 Å². The summed E-state index contributed by atoms with van der Waals surface area (Å²) in [7, 11) is -3.84. The molecule has 130 valence electrons. The standard InChI is InChI=1S/C17H15BrN2O3S2/c1-10-4-6-15-13(7-10)16(19-24-15)17(21)20-25(22,23)9-12-5-3-11(2)8-14(12)18/h3-8H,9H2,1-2H3,(H,20,21). The lowest BCUT2D eigenvalue weighted by Gasteiger charge is -2.08. The Morgan fingerprint density at radius 3 is 2.56 bits per heavy atom. The average Bonchev–Trinajstić information content (AvgIpc) is 2.92. The van der Waals surface area contributed by atoms with Gasteiger partial charge in [0.2, 0.25) is 10.0 Å². The van der Waals surface area contributed by atoms with E-state index in [1.165, 1.54) is 11.5 Å². The molecular weight excluding hydrogens is 424 g/mol. The molecule has 3 rings (SSSR count). The minimum absolute atomic E-state index is 0.134. The van der Waals surface area contributed by atoms with E-state index in [-0.39, 0.29) is 11.4 Å². The van der Waals surface area contributed by atoms with E-state index in [1.54, 1.807) is 6.07 Å². The van der Waals surface area contributed by atoms with Gasteiger partial charge in [-0.15, -0.1) is 0 Å². The van der Waals surface area contributed by atoms with Gasteiger partial charge in [-0.05, 0) is 54.7 Å². The molecule has 0 saturated carbocycles.